The predicted molar refractivity (Wildman–Crippen MR) is 77.3 cm³/mol. The van der Waals surface area contributed by atoms with Crippen molar-refractivity contribution in [1.82, 2.24) is 9.47 Å². The highest BCUT2D eigenvalue weighted by Gasteiger charge is 2.34. The number of fused-ring (bicyclic) bond motifs is 1. The Morgan fingerprint density at radius 1 is 1.37 bits per heavy atom. The topological polar surface area (TPSA) is 28.4 Å². The molecule has 2 atom stereocenters. The highest BCUT2D eigenvalue weighted by molar-refractivity contribution is 5.30. The Labute approximate surface area is 116 Å². The van der Waals surface area contributed by atoms with Crippen molar-refractivity contribution in [2.24, 2.45) is 5.41 Å². The number of aromatic nitrogens is 1. The summed E-state index contributed by atoms with van der Waals surface area (Å²) < 4.78 is 2.45. The highest BCUT2D eigenvalue weighted by atomic mass is 16.3. The fourth-order valence-electron chi connectivity index (χ4n) is 3.86. The van der Waals surface area contributed by atoms with E-state index in [1.54, 1.807) is 0 Å². The van der Waals surface area contributed by atoms with Crippen molar-refractivity contribution in [3.63, 3.8) is 0 Å². The van der Waals surface area contributed by atoms with Crippen LogP contribution >= 0.6 is 0 Å². The summed E-state index contributed by atoms with van der Waals surface area (Å²) >= 11 is 0. The molecule has 19 heavy (non-hydrogen) atoms. The number of likely N-dealkylation sites (N-methyl/N-ethyl adjacent to an activating group) is 1. The standard InChI is InChI=1S/C16H26N2O/c1-16(2)9-14-13(15(19)10-16)6-8-18(14)12-5-4-7-17(3)11-12/h6,8,12,15,19H,4-5,7,9-11H2,1-3H3. The van der Waals surface area contributed by atoms with Gasteiger partial charge in [-0.3, -0.25) is 0 Å². The Balaban J connectivity index is 1.92. The molecule has 0 aromatic carbocycles. The summed E-state index contributed by atoms with van der Waals surface area (Å²) in [7, 11) is 2.21. The lowest BCUT2D eigenvalue weighted by molar-refractivity contribution is 0.0962. The van der Waals surface area contributed by atoms with E-state index in [1.807, 2.05) is 0 Å². The van der Waals surface area contributed by atoms with Crippen LogP contribution in [0, 0.1) is 5.41 Å². The number of likely N-dealkylation sites (tertiary alicyclic amines) is 1. The molecule has 0 radical (unpaired) electrons. The van der Waals surface area contributed by atoms with E-state index in [9.17, 15) is 5.11 Å². The summed E-state index contributed by atoms with van der Waals surface area (Å²) in [5.74, 6) is 0. The average molecular weight is 262 g/mol. The first-order valence-corrected chi connectivity index (χ1v) is 7.52. The van der Waals surface area contributed by atoms with Gasteiger partial charge in [-0.1, -0.05) is 13.8 Å². The zero-order valence-corrected chi connectivity index (χ0v) is 12.4. The van der Waals surface area contributed by atoms with Crippen LogP contribution in [0.3, 0.4) is 0 Å². The van der Waals surface area contributed by atoms with Crippen molar-refractivity contribution < 1.29 is 5.11 Å². The van der Waals surface area contributed by atoms with Gasteiger partial charge >= 0.3 is 0 Å². The summed E-state index contributed by atoms with van der Waals surface area (Å²) in [6.45, 7) is 6.89. The molecule has 3 heteroatoms. The molecule has 0 bridgehead atoms. The Morgan fingerprint density at radius 2 is 2.16 bits per heavy atom. The van der Waals surface area contributed by atoms with Gasteiger partial charge in [-0.15, -0.1) is 0 Å². The fraction of sp³-hybridized carbons (Fsp3) is 0.750. The molecule has 1 aromatic heterocycles. The van der Waals surface area contributed by atoms with Crippen LogP contribution in [0.15, 0.2) is 12.3 Å². The molecular weight excluding hydrogens is 236 g/mol. The lowest BCUT2D eigenvalue weighted by Crippen LogP contribution is -2.35. The van der Waals surface area contributed by atoms with Gasteiger partial charge < -0.3 is 14.6 Å². The van der Waals surface area contributed by atoms with Crippen molar-refractivity contribution in [3.8, 4) is 0 Å². The zero-order valence-electron chi connectivity index (χ0n) is 12.4. The maximum absolute atomic E-state index is 10.3. The van der Waals surface area contributed by atoms with Crippen molar-refractivity contribution in [2.45, 2.75) is 51.7 Å². The summed E-state index contributed by atoms with van der Waals surface area (Å²) in [5, 5.41) is 10.3. The number of rotatable bonds is 1. The van der Waals surface area contributed by atoms with Crippen molar-refractivity contribution >= 4 is 0 Å². The van der Waals surface area contributed by atoms with Crippen LogP contribution in [0.4, 0.5) is 0 Å². The lowest BCUT2D eigenvalue weighted by atomic mass is 9.75. The second-order valence-electron chi connectivity index (χ2n) is 7.24. The molecule has 1 fully saturated rings. The maximum Gasteiger partial charge on any atom is 0.0812 e. The molecule has 0 amide bonds. The quantitative estimate of drug-likeness (QED) is 0.843. The van der Waals surface area contributed by atoms with E-state index in [4.69, 9.17) is 0 Å². The number of hydrogen-bond donors (Lipinski definition) is 1. The van der Waals surface area contributed by atoms with E-state index >= 15 is 0 Å². The minimum absolute atomic E-state index is 0.211. The van der Waals surface area contributed by atoms with E-state index in [1.165, 1.54) is 30.6 Å². The van der Waals surface area contributed by atoms with E-state index in [0.717, 1.165) is 19.4 Å². The normalized spacial score (nSPS) is 31.2. The molecule has 1 aliphatic carbocycles. The first kappa shape index (κ1) is 13.2. The van der Waals surface area contributed by atoms with E-state index in [0.29, 0.717) is 6.04 Å². The minimum atomic E-state index is -0.277. The van der Waals surface area contributed by atoms with Crippen LogP contribution < -0.4 is 0 Å². The van der Waals surface area contributed by atoms with Crippen LogP contribution in [0.1, 0.15) is 56.5 Å². The molecule has 0 saturated carbocycles. The molecule has 3 nitrogen and oxygen atoms in total. The van der Waals surface area contributed by atoms with Crippen LogP contribution in [0.2, 0.25) is 0 Å². The van der Waals surface area contributed by atoms with Gasteiger partial charge in [0.1, 0.15) is 0 Å². The molecule has 106 valence electrons. The first-order chi connectivity index (χ1) is 8.96. The summed E-state index contributed by atoms with van der Waals surface area (Å²) in [6, 6.07) is 2.73. The maximum atomic E-state index is 10.3. The Kier molecular flexibility index (Phi) is 3.22. The highest BCUT2D eigenvalue weighted by Crippen LogP contribution is 2.42. The summed E-state index contributed by atoms with van der Waals surface area (Å²) in [4.78, 5) is 2.42. The second kappa shape index (κ2) is 4.64. The third kappa shape index (κ3) is 2.46. The third-order valence-corrected chi connectivity index (χ3v) is 4.80. The van der Waals surface area contributed by atoms with Crippen LogP contribution in [-0.2, 0) is 6.42 Å². The van der Waals surface area contributed by atoms with Gasteiger partial charge in [0.25, 0.3) is 0 Å². The smallest absolute Gasteiger partial charge is 0.0812 e. The number of aliphatic hydroxyl groups is 1. The van der Waals surface area contributed by atoms with Crippen molar-refractivity contribution in [2.75, 3.05) is 20.1 Å². The molecule has 1 aliphatic heterocycles. The van der Waals surface area contributed by atoms with Gasteiger partial charge in [0.15, 0.2) is 0 Å². The van der Waals surface area contributed by atoms with Crippen LogP contribution in [0.5, 0.6) is 0 Å². The van der Waals surface area contributed by atoms with Crippen molar-refractivity contribution in [3.05, 3.63) is 23.5 Å². The van der Waals surface area contributed by atoms with Gasteiger partial charge in [0.05, 0.1) is 6.10 Å². The molecule has 1 aromatic rings. The molecular formula is C16H26N2O. The first-order valence-electron chi connectivity index (χ1n) is 7.52. The number of nitrogens with zero attached hydrogens (tertiary/aromatic N) is 2. The fourth-order valence-corrected chi connectivity index (χ4v) is 3.86. The molecule has 1 N–H and O–H groups in total. The monoisotopic (exact) mass is 262 g/mol. The Hall–Kier alpha value is -0.800. The van der Waals surface area contributed by atoms with Gasteiger partial charge in [-0.05, 0) is 50.8 Å². The zero-order chi connectivity index (χ0) is 13.6. The van der Waals surface area contributed by atoms with E-state index in [-0.39, 0.29) is 11.5 Å². The summed E-state index contributed by atoms with van der Waals surface area (Å²) in [6.07, 6.45) is 6.45. The van der Waals surface area contributed by atoms with E-state index in [2.05, 4.69) is 42.6 Å². The van der Waals surface area contributed by atoms with E-state index < -0.39 is 0 Å². The van der Waals surface area contributed by atoms with Crippen LogP contribution in [-0.4, -0.2) is 34.7 Å². The van der Waals surface area contributed by atoms with Gasteiger partial charge in [-0.25, -0.2) is 0 Å². The largest absolute Gasteiger partial charge is 0.388 e. The second-order valence-corrected chi connectivity index (χ2v) is 7.24. The lowest BCUT2D eigenvalue weighted by Gasteiger charge is -2.37. The number of piperidine rings is 1. The SMILES string of the molecule is CN1CCCC(n2ccc3c2CC(C)(C)CC3O)C1. The average Bonchev–Trinajstić information content (AvgIpc) is 2.71. The number of hydrogen-bond acceptors (Lipinski definition) is 2. The van der Waals surface area contributed by atoms with Gasteiger partial charge in [0, 0.05) is 30.0 Å². The van der Waals surface area contributed by atoms with Crippen LogP contribution in [0.25, 0.3) is 0 Å². The van der Waals surface area contributed by atoms with Gasteiger partial charge in [0.2, 0.25) is 0 Å². The predicted octanol–water partition coefficient (Wildman–Crippen LogP) is 2.76. The Morgan fingerprint density at radius 3 is 2.89 bits per heavy atom. The van der Waals surface area contributed by atoms with Crippen molar-refractivity contribution in [1.29, 1.82) is 0 Å². The Bertz CT molecular complexity index is 463. The molecule has 2 heterocycles. The molecule has 1 saturated heterocycles. The summed E-state index contributed by atoms with van der Waals surface area (Å²) in [5.41, 5.74) is 2.76. The molecule has 0 spiro atoms. The molecule has 2 aliphatic rings. The third-order valence-electron chi connectivity index (χ3n) is 4.80. The minimum Gasteiger partial charge on any atom is -0.388 e. The number of aliphatic hydroxyl groups excluding tert-OH is 1. The molecule has 3 rings (SSSR count). The van der Waals surface area contributed by atoms with Gasteiger partial charge in [-0.2, -0.15) is 0 Å². The molecule has 2 unspecified atom stereocenters.